The van der Waals surface area contributed by atoms with Gasteiger partial charge in [0.25, 0.3) is 5.89 Å². The van der Waals surface area contributed by atoms with Gasteiger partial charge in [-0.05, 0) is 43.3 Å². The summed E-state index contributed by atoms with van der Waals surface area (Å²) in [6, 6.07) is 12.4. The summed E-state index contributed by atoms with van der Waals surface area (Å²) in [7, 11) is 0. The molecule has 29 heavy (non-hydrogen) atoms. The molecule has 0 saturated carbocycles. The lowest BCUT2D eigenvalue weighted by Crippen LogP contribution is -2.08. The van der Waals surface area contributed by atoms with Crippen LogP contribution in [-0.2, 0) is 6.54 Å². The van der Waals surface area contributed by atoms with Crippen molar-refractivity contribution in [2.45, 2.75) is 18.7 Å². The third kappa shape index (κ3) is 4.14. The van der Waals surface area contributed by atoms with Gasteiger partial charge in [0.15, 0.2) is 17.5 Å². The predicted octanol–water partition coefficient (Wildman–Crippen LogP) is 5.99. The van der Waals surface area contributed by atoms with Gasteiger partial charge >= 0.3 is 0 Å². The Kier molecular flexibility index (Phi) is 5.83. The highest BCUT2D eigenvalue weighted by Gasteiger charge is 2.25. The van der Waals surface area contributed by atoms with Gasteiger partial charge < -0.3 is 9.09 Å². The lowest BCUT2D eigenvalue weighted by Gasteiger charge is -2.10. The predicted molar refractivity (Wildman–Crippen MR) is 117 cm³/mol. The van der Waals surface area contributed by atoms with Crippen LogP contribution >= 0.6 is 47.4 Å². The van der Waals surface area contributed by atoms with Crippen LogP contribution < -0.4 is 0 Å². The van der Waals surface area contributed by atoms with Crippen molar-refractivity contribution in [1.82, 2.24) is 24.9 Å². The molecule has 0 aliphatic carbocycles. The molecule has 0 bridgehead atoms. The van der Waals surface area contributed by atoms with Crippen molar-refractivity contribution in [3.8, 4) is 22.8 Å². The first-order valence-electron chi connectivity index (χ1n) is 8.63. The molecule has 0 aliphatic heterocycles. The summed E-state index contributed by atoms with van der Waals surface area (Å²) in [5, 5.41) is 13.7. The van der Waals surface area contributed by atoms with Gasteiger partial charge in [-0.3, -0.25) is 0 Å². The molecule has 6 nitrogen and oxygen atoms in total. The van der Waals surface area contributed by atoms with Gasteiger partial charge in [0.05, 0.1) is 0 Å². The van der Waals surface area contributed by atoms with Crippen molar-refractivity contribution in [2.75, 3.05) is 0 Å². The highest BCUT2D eigenvalue weighted by atomic mass is 35.5. The summed E-state index contributed by atoms with van der Waals surface area (Å²) in [5.41, 5.74) is 1.49. The zero-order chi connectivity index (χ0) is 20.5. The topological polar surface area (TPSA) is 69.6 Å². The Bertz CT molecular complexity index is 1160. The Labute approximate surface area is 187 Å². The largest absolute Gasteiger partial charge is 0.334 e. The van der Waals surface area contributed by atoms with Crippen LogP contribution in [0, 0.1) is 0 Å². The van der Waals surface area contributed by atoms with Gasteiger partial charge in [-0.15, -0.1) is 10.2 Å². The lowest BCUT2D eigenvalue weighted by atomic mass is 10.2. The summed E-state index contributed by atoms with van der Waals surface area (Å²) < 4.78 is 7.30. The molecule has 10 heteroatoms. The first kappa shape index (κ1) is 20.2. The number of aromatic nitrogens is 5. The van der Waals surface area contributed by atoms with Gasteiger partial charge in [-0.1, -0.05) is 46.0 Å². The molecule has 4 aromatic rings. The van der Waals surface area contributed by atoms with Crippen molar-refractivity contribution in [2.24, 2.45) is 0 Å². The Balaban J connectivity index is 1.69. The molecule has 2 aromatic carbocycles. The van der Waals surface area contributed by atoms with Crippen LogP contribution in [0.4, 0.5) is 0 Å². The summed E-state index contributed by atoms with van der Waals surface area (Å²) in [4.78, 5) is 4.45. The molecule has 0 amide bonds. The maximum Gasteiger partial charge on any atom is 0.258 e. The van der Waals surface area contributed by atoms with Crippen LogP contribution in [-0.4, -0.2) is 24.9 Å². The van der Waals surface area contributed by atoms with E-state index < -0.39 is 5.25 Å². The number of thiol groups is 1. The van der Waals surface area contributed by atoms with Gasteiger partial charge in [0.2, 0.25) is 0 Å². The van der Waals surface area contributed by atoms with Crippen LogP contribution in [0.25, 0.3) is 22.8 Å². The second kappa shape index (κ2) is 8.36. The average Bonchev–Trinajstić information content (AvgIpc) is 3.34. The van der Waals surface area contributed by atoms with E-state index in [0.29, 0.717) is 45.0 Å². The molecule has 0 fully saturated rings. The maximum absolute atomic E-state index is 6.13. The Morgan fingerprint density at radius 1 is 1.00 bits per heavy atom. The zero-order valence-electron chi connectivity index (χ0n) is 15.1. The van der Waals surface area contributed by atoms with E-state index in [-0.39, 0.29) is 0 Å². The Hall–Kier alpha value is -2.06. The standard InChI is InChI=1S/C19H14Cl3N5OS/c1-2-27-17(11-7-13(21)9-14(22)8-11)24-25-18(27)15(29)16-23-19(28-26-16)10-4-3-5-12(20)6-10/h3-9,15,29H,2H2,1H3. The first-order chi connectivity index (χ1) is 14.0. The third-order valence-corrected chi connectivity index (χ3v) is 5.35. The second-order valence-electron chi connectivity index (χ2n) is 6.15. The summed E-state index contributed by atoms with van der Waals surface area (Å²) >= 11 is 23.0. The molecule has 148 valence electrons. The number of hydrogen-bond acceptors (Lipinski definition) is 6. The monoisotopic (exact) mass is 465 g/mol. The van der Waals surface area contributed by atoms with Crippen LogP contribution in [0.2, 0.25) is 15.1 Å². The molecule has 2 heterocycles. The molecule has 1 unspecified atom stereocenters. The van der Waals surface area contributed by atoms with Crippen molar-refractivity contribution in [3.63, 3.8) is 0 Å². The molecule has 0 N–H and O–H groups in total. The molecule has 0 aliphatic rings. The van der Waals surface area contributed by atoms with Gasteiger partial charge in [0.1, 0.15) is 5.25 Å². The smallest absolute Gasteiger partial charge is 0.258 e. The fourth-order valence-corrected chi connectivity index (χ4v) is 3.94. The fraction of sp³-hybridized carbons (Fsp3) is 0.158. The minimum absolute atomic E-state index is 0.353. The molecule has 0 radical (unpaired) electrons. The third-order valence-electron chi connectivity index (χ3n) is 4.22. The Morgan fingerprint density at radius 3 is 2.41 bits per heavy atom. The molecule has 1 atom stereocenters. The van der Waals surface area contributed by atoms with Gasteiger partial charge in [0, 0.05) is 32.7 Å². The van der Waals surface area contributed by atoms with Crippen molar-refractivity contribution >= 4 is 47.4 Å². The van der Waals surface area contributed by atoms with Crippen LogP contribution in [0.5, 0.6) is 0 Å². The van der Waals surface area contributed by atoms with E-state index in [4.69, 9.17) is 39.3 Å². The lowest BCUT2D eigenvalue weighted by molar-refractivity contribution is 0.422. The number of nitrogens with zero attached hydrogens (tertiary/aromatic N) is 5. The normalized spacial score (nSPS) is 12.3. The van der Waals surface area contributed by atoms with Crippen LogP contribution in [0.15, 0.2) is 47.0 Å². The molecule has 2 aromatic heterocycles. The van der Waals surface area contributed by atoms with Crippen LogP contribution in [0.1, 0.15) is 23.8 Å². The number of hydrogen-bond donors (Lipinski definition) is 1. The minimum Gasteiger partial charge on any atom is -0.334 e. The number of benzene rings is 2. The van der Waals surface area contributed by atoms with E-state index in [1.807, 2.05) is 23.6 Å². The van der Waals surface area contributed by atoms with Crippen LogP contribution in [0.3, 0.4) is 0 Å². The van der Waals surface area contributed by atoms with Crippen molar-refractivity contribution in [3.05, 3.63) is 69.2 Å². The fourth-order valence-electron chi connectivity index (χ4n) is 2.93. The second-order valence-corrected chi connectivity index (χ2v) is 7.98. The average molecular weight is 467 g/mol. The van der Waals surface area contributed by atoms with E-state index in [2.05, 4.69) is 33.0 Å². The van der Waals surface area contributed by atoms with Crippen molar-refractivity contribution in [1.29, 1.82) is 0 Å². The molecular weight excluding hydrogens is 453 g/mol. The minimum atomic E-state index is -0.539. The van der Waals surface area contributed by atoms with Crippen molar-refractivity contribution < 1.29 is 4.52 Å². The van der Waals surface area contributed by atoms with E-state index in [9.17, 15) is 0 Å². The summed E-state index contributed by atoms with van der Waals surface area (Å²) in [6.07, 6.45) is 0. The molecular formula is C19H14Cl3N5OS. The summed E-state index contributed by atoms with van der Waals surface area (Å²) in [5.74, 6) is 1.94. The number of halogens is 3. The SMILES string of the molecule is CCn1c(-c2cc(Cl)cc(Cl)c2)nnc1C(S)c1noc(-c2cccc(Cl)c2)n1. The zero-order valence-corrected chi connectivity index (χ0v) is 18.2. The molecule has 0 spiro atoms. The van der Waals surface area contributed by atoms with E-state index >= 15 is 0 Å². The number of rotatable bonds is 5. The summed E-state index contributed by atoms with van der Waals surface area (Å²) in [6.45, 7) is 2.59. The van der Waals surface area contributed by atoms with E-state index in [1.54, 1.807) is 30.3 Å². The molecule has 4 rings (SSSR count). The van der Waals surface area contributed by atoms with E-state index in [0.717, 1.165) is 11.1 Å². The Morgan fingerprint density at radius 2 is 1.72 bits per heavy atom. The molecule has 0 saturated heterocycles. The highest BCUT2D eigenvalue weighted by Crippen LogP contribution is 2.32. The highest BCUT2D eigenvalue weighted by molar-refractivity contribution is 7.80. The first-order valence-corrected chi connectivity index (χ1v) is 10.3. The van der Waals surface area contributed by atoms with E-state index in [1.165, 1.54) is 0 Å². The van der Waals surface area contributed by atoms with Gasteiger partial charge in [-0.2, -0.15) is 17.6 Å². The quantitative estimate of drug-likeness (QED) is 0.366. The maximum atomic E-state index is 6.13. The van der Waals surface area contributed by atoms with Gasteiger partial charge in [-0.25, -0.2) is 0 Å².